The number of anilines is 1. The van der Waals surface area contributed by atoms with Crippen LogP contribution in [-0.4, -0.2) is 21.9 Å². The molecule has 4 rings (SSSR count). The van der Waals surface area contributed by atoms with Gasteiger partial charge in [-0.15, -0.1) is 22.0 Å². The zero-order valence-corrected chi connectivity index (χ0v) is 19.5. The number of hydrogen-bond donors (Lipinski definition) is 1. The molecule has 3 aromatic carbocycles. The lowest BCUT2D eigenvalue weighted by Crippen LogP contribution is -2.14. The first kappa shape index (κ1) is 22.4. The summed E-state index contributed by atoms with van der Waals surface area (Å²) in [5.74, 6) is 1.73. The lowest BCUT2D eigenvalue weighted by molar-refractivity contribution is -0.113. The summed E-state index contributed by atoms with van der Waals surface area (Å²) in [7, 11) is 0. The van der Waals surface area contributed by atoms with Gasteiger partial charge in [0.15, 0.2) is 0 Å². The van der Waals surface area contributed by atoms with E-state index in [0.29, 0.717) is 39.0 Å². The van der Waals surface area contributed by atoms with Crippen molar-refractivity contribution in [2.75, 3.05) is 11.1 Å². The Hall–Kier alpha value is -2.80. The second-order valence-corrected chi connectivity index (χ2v) is 8.90. The van der Waals surface area contributed by atoms with Crippen LogP contribution in [0, 0.1) is 6.92 Å². The van der Waals surface area contributed by atoms with E-state index in [-0.39, 0.29) is 5.91 Å². The van der Waals surface area contributed by atoms with Crippen molar-refractivity contribution in [2.24, 2.45) is 0 Å². The maximum Gasteiger partial charge on any atom is 0.248 e. The lowest BCUT2D eigenvalue weighted by atomic mass is 10.1. The van der Waals surface area contributed by atoms with Crippen molar-refractivity contribution in [2.45, 2.75) is 12.7 Å². The number of carbonyl (C=O) groups is 1. The molecule has 32 heavy (non-hydrogen) atoms. The summed E-state index contributed by atoms with van der Waals surface area (Å²) in [4.78, 5) is 12.4. The maximum absolute atomic E-state index is 12.4. The van der Waals surface area contributed by atoms with Crippen LogP contribution in [0.2, 0.25) is 10.0 Å². The minimum Gasteiger partial charge on any atom is -0.416 e. The SMILES string of the molecule is Cc1ccccc1-c1nnc(-c2cccc(NC(=O)CSCc3ccc(Cl)c(Cl)c3)c2)o1. The molecule has 0 bridgehead atoms. The third kappa shape index (κ3) is 5.51. The molecule has 0 saturated heterocycles. The van der Waals surface area contributed by atoms with Gasteiger partial charge in [-0.05, 0) is 54.4 Å². The van der Waals surface area contributed by atoms with Crippen LogP contribution in [-0.2, 0) is 10.5 Å². The Labute approximate surface area is 200 Å². The number of nitrogens with zero attached hydrogens (tertiary/aromatic N) is 2. The van der Waals surface area contributed by atoms with E-state index in [1.54, 1.807) is 6.07 Å². The van der Waals surface area contributed by atoms with E-state index in [4.69, 9.17) is 27.6 Å². The fourth-order valence-corrected chi connectivity index (χ4v) is 4.18. The first-order valence-corrected chi connectivity index (χ1v) is 11.7. The van der Waals surface area contributed by atoms with Gasteiger partial charge in [0.2, 0.25) is 17.7 Å². The number of carbonyl (C=O) groups excluding carboxylic acids is 1. The summed E-state index contributed by atoms with van der Waals surface area (Å²) in [5.41, 5.74) is 4.37. The smallest absolute Gasteiger partial charge is 0.248 e. The number of hydrogen-bond acceptors (Lipinski definition) is 5. The number of halogens is 2. The number of aryl methyl sites for hydroxylation is 1. The molecule has 1 amide bonds. The molecule has 1 N–H and O–H groups in total. The topological polar surface area (TPSA) is 68.0 Å². The minimum atomic E-state index is -0.0988. The Morgan fingerprint density at radius 1 is 0.969 bits per heavy atom. The highest BCUT2D eigenvalue weighted by atomic mass is 35.5. The van der Waals surface area contributed by atoms with E-state index in [9.17, 15) is 4.79 Å². The Morgan fingerprint density at radius 3 is 2.59 bits per heavy atom. The highest BCUT2D eigenvalue weighted by Crippen LogP contribution is 2.28. The van der Waals surface area contributed by atoms with E-state index in [1.165, 1.54) is 11.8 Å². The normalized spacial score (nSPS) is 10.8. The van der Waals surface area contributed by atoms with Gasteiger partial charge in [0.05, 0.1) is 15.8 Å². The van der Waals surface area contributed by atoms with E-state index in [0.717, 1.165) is 22.3 Å². The van der Waals surface area contributed by atoms with Crippen molar-refractivity contribution >= 4 is 46.6 Å². The van der Waals surface area contributed by atoms with Gasteiger partial charge < -0.3 is 9.73 Å². The van der Waals surface area contributed by atoms with Gasteiger partial charge in [0.1, 0.15) is 0 Å². The van der Waals surface area contributed by atoms with Gasteiger partial charge in [-0.1, -0.05) is 53.5 Å². The van der Waals surface area contributed by atoms with Crippen molar-refractivity contribution in [3.8, 4) is 22.9 Å². The molecule has 0 aliphatic heterocycles. The van der Waals surface area contributed by atoms with Crippen LogP contribution in [0.3, 0.4) is 0 Å². The standard InChI is InChI=1S/C24H19Cl2N3O2S/c1-15-5-2-3-8-19(15)24-29-28-23(31-24)17-6-4-7-18(12-17)27-22(30)14-32-13-16-9-10-20(25)21(26)11-16/h2-12H,13-14H2,1H3,(H,27,30). The van der Waals surface area contributed by atoms with Crippen molar-refractivity contribution in [3.63, 3.8) is 0 Å². The van der Waals surface area contributed by atoms with Crippen LogP contribution in [0.1, 0.15) is 11.1 Å². The summed E-state index contributed by atoms with van der Waals surface area (Å²) in [5, 5.41) is 12.3. The fraction of sp³-hybridized carbons (Fsp3) is 0.125. The molecule has 1 aromatic heterocycles. The molecule has 0 spiro atoms. The monoisotopic (exact) mass is 483 g/mol. The third-order valence-electron chi connectivity index (χ3n) is 4.68. The molecule has 162 valence electrons. The second-order valence-electron chi connectivity index (χ2n) is 7.10. The average Bonchev–Trinajstić information content (AvgIpc) is 3.27. The molecule has 8 heteroatoms. The quantitative estimate of drug-likeness (QED) is 0.309. The summed E-state index contributed by atoms with van der Waals surface area (Å²) in [6.07, 6.45) is 0. The Kier molecular flexibility index (Phi) is 7.15. The first-order valence-electron chi connectivity index (χ1n) is 9.81. The Bertz CT molecular complexity index is 1260. The zero-order chi connectivity index (χ0) is 22.5. The molecule has 0 atom stereocenters. The number of amides is 1. The van der Waals surface area contributed by atoms with E-state index in [1.807, 2.05) is 67.6 Å². The summed E-state index contributed by atoms with van der Waals surface area (Å²) in [6, 6.07) is 20.6. The molecule has 0 aliphatic rings. The highest BCUT2D eigenvalue weighted by molar-refractivity contribution is 7.99. The third-order valence-corrected chi connectivity index (χ3v) is 6.42. The molecule has 0 fully saturated rings. The van der Waals surface area contributed by atoms with Crippen LogP contribution in [0.4, 0.5) is 5.69 Å². The molecular formula is C24H19Cl2N3O2S. The number of aromatic nitrogens is 2. The maximum atomic E-state index is 12.4. The zero-order valence-electron chi connectivity index (χ0n) is 17.1. The molecule has 0 aliphatic carbocycles. The van der Waals surface area contributed by atoms with Crippen LogP contribution in [0.5, 0.6) is 0 Å². The van der Waals surface area contributed by atoms with Crippen molar-refractivity contribution in [1.29, 1.82) is 0 Å². The average molecular weight is 484 g/mol. The minimum absolute atomic E-state index is 0.0988. The molecule has 4 aromatic rings. The first-order chi connectivity index (χ1) is 15.5. The van der Waals surface area contributed by atoms with Gasteiger partial charge in [0.25, 0.3) is 0 Å². The molecular weight excluding hydrogens is 465 g/mol. The van der Waals surface area contributed by atoms with E-state index in [2.05, 4.69) is 15.5 Å². The Balaban J connectivity index is 1.37. The molecule has 0 saturated carbocycles. The van der Waals surface area contributed by atoms with Gasteiger partial charge in [0, 0.05) is 22.6 Å². The van der Waals surface area contributed by atoms with E-state index < -0.39 is 0 Å². The number of nitrogens with one attached hydrogen (secondary N) is 1. The number of benzene rings is 3. The lowest BCUT2D eigenvalue weighted by Gasteiger charge is -2.07. The van der Waals surface area contributed by atoms with Crippen molar-refractivity contribution < 1.29 is 9.21 Å². The molecule has 0 radical (unpaired) electrons. The molecule has 5 nitrogen and oxygen atoms in total. The molecule has 0 unspecified atom stereocenters. The predicted octanol–water partition coefficient (Wildman–Crippen LogP) is 6.89. The largest absolute Gasteiger partial charge is 0.416 e. The van der Waals surface area contributed by atoms with Gasteiger partial charge in [-0.25, -0.2) is 0 Å². The van der Waals surface area contributed by atoms with Crippen LogP contribution in [0.25, 0.3) is 22.9 Å². The predicted molar refractivity (Wildman–Crippen MR) is 131 cm³/mol. The van der Waals surface area contributed by atoms with Crippen molar-refractivity contribution in [1.82, 2.24) is 10.2 Å². The summed E-state index contributed by atoms with van der Waals surface area (Å²) < 4.78 is 5.87. The van der Waals surface area contributed by atoms with Gasteiger partial charge in [-0.2, -0.15) is 0 Å². The van der Waals surface area contributed by atoms with Crippen LogP contribution >= 0.6 is 35.0 Å². The highest BCUT2D eigenvalue weighted by Gasteiger charge is 2.13. The second kappa shape index (κ2) is 10.2. The van der Waals surface area contributed by atoms with Crippen molar-refractivity contribution in [3.05, 3.63) is 87.9 Å². The van der Waals surface area contributed by atoms with E-state index >= 15 is 0 Å². The van der Waals surface area contributed by atoms with Gasteiger partial charge >= 0.3 is 0 Å². The fourth-order valence-electron chi connectivity index (χ4n) is 3.08. The Morgan fingerprint density at radius 2 is 1.78 bits per heavy atom. The summed E-state index contributed by atoms with van der Waals surface area (Å²) >= 11 is 13.5. The number of thioether (sulfide) groups is 1. The van der Waals surface area contributed by atoms with Gasteiger partial charge in [-0.3, -0.25) is 4.79 Å². The van der Waals surface area contributed by atoms with Crippen LogP contribution in [0.15, 0.2) is 71.1 Å². The number of rotatable bonds is 7. The summed E-state index contributed by atoms with van der Waals surface area (Å²) in [6.45, 7) is 1.99. The molecule has 1 heterocycles. The van der Waals surface area contributed by atoms with Crippen LogP contribution < -0.4 is 5.32 Å².